The summed E-state index contributed by atoms with van der Waals surface area (Å²) in [6, 6.07) is 5.02. The number of benzene rings is 1. The highest BCUT2D eigenvalue weighted by Crippen LogP contribution is 2.21. The van der Waals surface area contributed by atoms with E-state index in [-0.39, 0.29) is 5.91 Å². The summed E-state index contributed by atoms with van der Waals surface area (Å²) in [6.07, 6.45) is 1.78. The van der Waals surface area contributed by atoms with Crippen molar-refractivity contribution < 1.29 is 9.53 Å². The Kier molecular flexibility index (Phi) is 5.80. The van der Waals surface area contributed by atoms with E-state index < -0.39 is 0 Å². The number of carbonyl (C=O) groups excluding carboxylic acids is 1. The van der Waals surface area contributed by atoms with Gasteiger partial charge in [-0.2, -0.15) is 0 Å². The Labute approximate surface area is 106 Å². The number of amides is 1. The molecular formula is C12H17ClN2O2. The van der Waals surface area contributed by atoms with Gasteiger partial charge in [0.25, 0.3) is 5.91 Å². The summed E-state index contributed by atoms with van der Waals surface area (Å²) in [5.74, 6) is -0.231. The minimum Gasteiger partial charge on any atom is -0.398 e. The average Bonchev–Trinajstić information content (AvgIpc) is 2.28. The predicted octanol–water partition coefficient (Wildman–Crippen LogP) is 2.08. The van der Waals surface area contributed by atoms with Crippen LogP contribution in [-0.4, -0.2) is 26.2 Å². The molecule has 1 aromatic rings. The molecule has 0 fully saturated rings. The zero-order chi connectivity index (χ0) is 12.7. The van der Waals surface area contributed by atoms with Crippen molar-refractivity contribution in [2.45, 2.75) is 12.8 Å². The van der Waals surface area contributed by atoms with E-state index in [9.17, 15) is 4.79 Å². The Hall–Kier alpha value is -1.26. The van der Waals surface area contributed by atoms with Crippen LogP contribution in [0.5, 0.6) is 0 Å². The van der Waals surface area contributed by atoms with E-state index in [0.717, 1.165) is 12.8 Å². The Balaban J connectivity index is 2.47. The molecule has 5 heteroatoms. The van der Waals surface area contributed by atoms with Crippen LogP contribution in [0.2, 0.25) is 5.02 Å². The van der Waals surface area contributed by atoms with Gasteiger partial charge in [0, 0.05) is 25.9 Å². The third-order valence-electron chi connectivity index (χ3n) is 2.33. The van der Waals surface area contributed by atoms with E-state index in [4.69, 9.17) is 22.1 Å². The molecule has 0 heterocycles. The van der Waals surface area contributed by atoms with E-state index >= 15 is 0 Å². The summed E-state index contributed by atoms with van der Waals surface area (Å²) in [5, 5.41) is 3.16. The van der Waals surface area contributed by atoms with Gasteiger partial charge in [-0.25, -0.2) is 0 Å². The Morgan fingerprint density at radius 1 is 1.47 bits per heavy atom. The molecule has 1 rings (SSSR count). The minimum absolute atomic E-state index is 0.231. The number of carbonyl (C=O) groups is 1. The first-order valence-corrected chi connectivity index (χ1v) is 5.85. The molecule has 0 aliphatic heterocycles. The van der Waals surface area contributed by atoms with Crippen molar-refractivity contribution in [2.75, 3.05) is 26.0 Å². The van der Waals surface area contributed by atoms with E-state index in [1.54, 1.807) is 25.3 Å². The van der Waals surface area contributed by atoms with E-state index in [0.29, 0.717) is 29.4 Å². The summed E-state index contributed by atoms with van der Waals surface area (Å²) in [6.45, 7) is 1.29. The highest BCUT2D eigenvalue weighted by molar-refractivity contribution is 6.34. The molecule has 94 valence electrons. The second-order valence-corrected chi connectivity index (χ2v) is 4.07. The summed E-state index contributed by atoms with van der Waals surface area (Å²) < 4.78 is 4.92. The number of nitrogen functional groups attached to an aromatic ring is 1. The van der Waals surface area contributed by atoms with Crippen molar-refractivity contribution in [3.8, 4) is 0 Å². The first-order valence-electron chi connectivity index (χ1n) is 5.48. The van der Waals surface area contributed by atoms with E-state index in [2.05, 4.69) is 5.32 Å². The number of anilines is 1. The van der Waals surface area contributed by atoms with Crippen LogP contribution >= 0.6 is 11.6 Å². The van der Waals surface area contributed by atoms with Crippen LogP contribution in [0.1, 0.15) is 23.2 Å². The fraction of sp³-hybridized carbons (Fsp3) is 0.417. The number of rotatable bonds is 6. The summed E-state index contributed by atoms with van der Waals surface area (Å²) in [4.78, 5) is 11.8. The quantitative estimate of drug-likeness (QED) is 0.605. The number of ether oxygens (including phenoxy) is 1. The van der Waals surface area contributed by atoms with Gasteiger partial charge in [0.2, 0.25) is 0 Å². The minimum atomic E-state index is -0.231. The van der Waals surface area contributed by atoms with Crippen molar-refractivity contribution in [2.24, 2.45) is 0 Å². The molecule has 4 nitrogen and oxygen atoms in total. The maximum Gasteiger partial charge on any atom is 0.254 e. The third-order valence-corrected chi connectivity index (χ3v) is 2.65. The standard InChI is InChI=1S/C12H17ClN2O2/c1-17-8-3-2-7-15-12(16)11-9(13)5-4-6-10(11)14/h4-6H,2-3,7-8,14H2,1H3,(H,15,16). The van der Waals surface area contributed by atoms with Gasteiger partial charge in [-0.1, -0.05) is 17.7 Å². The maximum absolute atomic E-state index is 11.8. The van der Waals surface area contributed by atoms with Gasteiger partial charge in [0.15, 0.2) is 0 Å². The molecule has 0 saturated carbocycles. The van der Waals surface area contributed by atoms with Crippen LogP contribution < -0.4 is 11.1 Å². The van der Waals surface area contributed by atoms with Gasteiger partial charge in [0.05, 0.1) is 10.6 Å². The van der Waals surface area contributed by atoms with Crippen LogP contribution in [0.3, 0.4) is 0 Å². The van der Waals surface area contributed by atoms with Crippen LogP contribution in [0.15, 0.2) is 18.2 Å². The number of nitrogens with one attached hydrogen (secondary N) is 1. The van der Waals surface area contributed by atoms with Gasteiger partial charge in [-0.3, -0.25) is 4.79 Å². The second-order valence-electron chi connectivity index (χ2n) is 3.66. The average molecular weight is 257 g/mol. The maximum atomic E-state index is 11.8. The first kappa shape index (κ1) is 13.8. The lowest BCUT2D eigenvalue weighted by molar-refractivity contribution is 0.0952. The number of hydrogen-bond donors (Lipinski definition) is 2. The number of hydrogen-bond acceptors (Lipinski definition) is 3. The van der Waals surface area contributed by atoms with E-state index in [1.807, 2.05) is 0 Å². The molecule has 1 amide bonds. The Morgan fingerprint density at radius 2 is 2.24 bits per heavy atom. The van der Waals surface area contributed by atoms with Gasteiger partial charge in [-0.15, -0.1) is 0 Å². The number of nitrogens with two attached hydrogens (primary N) is 1. The molecule has 0 atom stereocenters. The molecule has 1 aromatic carbocycles. The zero-order valence-corrected chi connectivity index (χ0v) is 10.6. The molecule has 0 aliphatic rings. The normalized spacial score (nSPS) is 10.2. The fourth-order valence-corrected chi connectivity index (χ4v) is 1.71. The van der Waals surface area contributed by atoms with Crippen LogP contribution in [0.4, 0.5) is 5.69 Å². The monoisotopic (exact) mass is 256 g/mol. The van der Waals surface area contributed by atoms with Crippen molar-refractivity contribution in [3.63, 3.8) is 0 Å². The molecule has 0 spiro atoms. The molecule has 17 heavy (non-hydrogen) atoms. The Morgan fingerprint density at radius 3 is 2.88 bits per heavy atom. The first-order chi connectivity index (χ1) is 8.16. The third kappa shape index (κ3) is 4.24. The molecule has 0 aliphatic carbocycles. The molecule has 3 N–H and O–H groups in total. The molecule has 0 aromatic heterocycles. The SMILES string of the molecule is COCCCCNC(=O)c1c(N)cccc1Cl. The summed E-state index contributed by atoms with van der Waals surface area (Å²) in [5.41, 5.74) is 6.45. The molecule has 0 unspecified atom stereocenters. The number of unbranched alkanes of at least 4 members (excludes halogenated alkanes) is 1. The lowest BCUT2D eigenvalue weighted by Crippen LogP contribution is -2.25. The van der Waals surface area contributed by atoms with Gasteiger partial charge < -0.3 is 15.8 Å². The summed E-state index contributed by atoms with van der Waals surface area (Å²) >= 11 is 5.93. The largest absolute Gasteiger partial charge is 0.398 e. The van der Waals surface area contributed by atoms with Crippen LogP contribution in [-0.2, 0) is 4.74 Å². The lowest BCUT2D eigenvalue weighted by atomic mass is 10.1. The van der Waals surface area contributed by atoms with Gasteiger partial charge >= 0.3 is 0 Å². The van der Waals surface area contributed by atoms with Gasteiger partial charge in [0.1, 0.15) is 0 Å². The van der Waals surface area contributed by atoms with Crippen molar-refractivity contribution in [1.29, 1.82) is 0 Å². The fourth-order valence-electron chi connectivity index (χ4n) is 1.44. The van der Waals surface area contributed by atoms with Crippen molar-refractivity contribution >= 4 is 23.2 Å². The number of methoxy groups -OCH3 is 1. The Bertz CT molecular complexity index is 363. The second kappa shape index (κ2) is 7.14. The van der Waals surface area contributed by atoms with Crippen LogP contribution in [0, 0.1) is 0 Å². The summed E-state index contributed by atoms with van der Waals surface area (Å²) in [7, 11) is 1.66. The molecule has 0 bridgehead atoms. The zero-order valence-electron chi connectivity index (χ0n) is 9.83. The molecular weight excluding hydrogens is 240 g/mol. The van der Waals surface area contributed by atoms with Crippen LogP contribution in [0.25, 0.3) is 0 Å². The van der Waals surface area contributed by atoms with Gasteiger partial charge in [-0.05, 0) is 25.0 Å². The smallest absolute Gasteiger partial charge is 0.254 e. The topological polar surface area (TPSA) is 64.3 Å². The molecule has 0 saturated heterocycles. The van der Waals surface area contributed by atoms with E-state index in [1.165, 1.54) is 0 Å². The number of halogens is 1. The van der Waals surface area contributed by atoms with Crippen molar-refractivity contribution in [1.82, 2.24) is 5.32 Å². The van der Waals surface area contributed by atoms with Crippen molar-refractivity contribution in [3.05, 3.63) is 28.8 Å². The highest BCUT2D eigenvalue weighted by Gasteiger charge is 2.12. The molecule has 0 radical (unpaired) electrons. The lowest BCUT2D eigenvalue weighted by Gasteiger charge is -2.08. The predicted molar refractivity (Wildman–Crippen MR) is 69.3 cm³/mol. The highest BCUT2D eigenvalue weighted by atomic mass is 35.5.